The van der Waals surface area contributed by atoms with Crippen LogP contribution in [-0.2, 0) is 6.42 Å². The van der Waals surface area contributed by atoms with Crippen LogP contribution >= 0.6 is 0 Å². The van der Waals surface area contributed by atoms with E-state index in [2.05, 4.69) is 54.4 Å². The number of ether oxygens (including phenoxy) is 1. The van der Waals surface area contributed by atoms with Crippen LogP contribution in [0.2, 0.25) is 0 Å². The summed E-state index contributed by atoms with van der Waals surface area (Å²) in [5.74, 6) is 1.89. The molecule has 0 aliphatic heterocycles. The molecule has 2 aromatic rings. The molecule has 4 nitrogen and oxygen atoms in total. The maximum absolute atomic E-state index is 5.45. The Hall–Kier alpha value is -1.84. The van der Waals surface area contributed by atoms with Crippen LogP contribution in [0.25, 0.3) is 0 Å². The van der Waals surface area contributed by atoms with Crippen LogP contribution in [-0.4, -0.2) is 22.5 Å². The maximum atomic E-state index is 5.45. The lowest BCUT2D eigenvalue weighted by molar-refractivity contribution is 0.407. The monoisotopic (exact) mass is 273 g/mol. The first-order valence-corrected chi connectivity index (χ1v) is 7.18. The van der Waals surface area contributed by atoms with Crippen LogP contribution in [0.5, 0.6) is 5.75 Å². The molecule has 1 N–H and O–H groups in total. The molecule has 0 bridgehead atoms. The van der Waals surface area contributed by atoms with Crippen molar-refractivity contribution < 1.29 is 4.74 Å². The molecule has 108 valence electrons. The van der Waals surface area contributed by atoms with Crippen molar-refractivity contribution in [2.24, 2.45) is 0 Å². The number of nitrogens with zero attached hydrogens (tertiary/aromatic N) is 2. The quantitative estimate of drug-likeness (QED) is 0.873. The highest BCUT2D eigenvalue weighted by atomic mass is 16.5. The first kappa shape index (κ1) is 14.6. The zero-order valence-electron chi connectivity index (χ0n) is 12.7. The van der Waals surface area contributed by atoms with E-state index in [0.717, 1.165) is 24.3 Å². The summed E-state index contributed by atoms with van der Waals surface area (Å²) in [5, 5.41) is 10.7. The molecule has 0 fully saturated rings. The predicted octanol–water partition coefficient (Wildman–Crippen LogP) is 3.67. The zero-order chi connectivity index (χ0) is 14.5. The third-order valence-corrected chi connectivity index (χ3v) is 3.76. The fourth-order valence-corrected chi connectivity index (χ4v) is 2.53. The molecule has 0 radical (unpaired) electrons. The van der Waals surface area contributed by atoms with Gasteiger partial charge in [-0.3, -0.25) is 0 Å². The molecule has 4 heteroatoms. The van der Waals surface area contributed by atoms with Gasteiger partial charge in [0.1, 0.15) is 5.75 Å². The minimum Gasteiger partial charge on any atom is -0.496 e. The van der Waals surface area contributed by atoms with Crippen molar-refractivity contribution in [1.82, 2.24) is 15.4 Å². The molecule has 1 aromatic heterocycles. The Balaban J connectivity index is 2.27. The number of hydrogen-bond donors (Lipinski definition) is 1. The summed E-state index contributed by atoms with van der Waals surface area (Å²) in [5.41, 5.74) is 3.63. The molecule has 0 aliphatic carbocycles. The molecule has 0 saturated carbocycles. The van der Waals surface area contributed by atoms with Crippen LogP contribution in [0, 0.1) is 0 Å². The van der Waals surface area contributed by atoms with Gasteiger partial charge >= 0.3 is 0 Å². The molecule has 20 heavy (non-hydrogen) atoms. The fraction of sp³-hybridized carbons (Fsp3) is 0.500. The summed E-state index contributed by atoms with van der Waals surface area (Å²) in [6.45, 7) is 6.60. The molecule has 0 aliphatic rings. The maximum Gasteiger partial charge on any atom is 0.122 e. The lowest BCUT2D eigenvalue weighted by atomic mass is 9.89. The van der Waals surface area contributed by atoms with E-state index in [0.29, 0.717) is 11.8 Å². The first-order valence-electron chi connectivity index (χ1n) is 7.18. The number of H-pyrrole nitrogens is 1. The van der Waals surface area contributed by atoms with Gasteiger partial charge in [-0.05, 0) is 41.9 Å². The summed E-state index contributed by atoms with van der Waals surface area (Å²) in [4.78, 5) is 0. The highest BCUT2D eigenvalue weighted by molar-refractivity contribution is 5.40. The van der Waals surface area contributed by atoms with Crippen LogP contribution in [0.4, 0.5) is 0 Å². The van der Waals surface area contributed by atoms with Gasteiger partial charge in [0.15, 0.2) is 0 Å². The number of methoxy groups -OCH3 is 1. The number of aromatic amines is 1. The molecule has 0 spiro atoms. The number of benzene rings is 1. The van der Waals surface area contributed by atoms with Crippen molar-refractivity contribution in [2.75, 3.05) is 7.11 Å². The number of aromatic nitrogens is 3. The molecule has 0 saturated heterocycles. The minimum absolute atomic E-state index is 0.453. The summed E-state index contributed by atoms with van der Waals surface area (Å²) in [6, 6.07) is 6.52. The fourth-order valence-electron chi connectivity index (χ4n) is 2.53. The van der Waals surface area contributed by atoms with Gasteiger partial charge in [-0.15, -0.1) is 0 Å². The highest BCUT2D eigenvalue weighted by Gasteiger charge is 2.15. The molecular formula is C16H23N3O. The molecular weight excluding hydrogens is 250 g/mol. The van der Waals surface area contributed by atoms with Crippen LogP contribution in [0.3, 0.4) is 0 Å². The average Bonchev–Trinajstić information content (AvgIpc) is 2.97. The van der Waals surface area contributed by atoms with E-state index in [4.69, 9.17) is 4.74 Å². The molecule has 1 unspecified atom stereocenters. The molecule has 1 aromatic carbocycles. The summed E-state index contributed by atoms with van der Waals surface area (Å²) in [6.07, 6.45) is 3.79. The smallest absolute Gasteiger partial charge is 0.122 e. The largest absolute Gasteiger partial charge is 0.496 e. The normalized spacial score (nSPS) is 12.7. The van der Waals surface area contributed by atoms with Crippen molar-refractivity contribution >= 4 is 0 Å². The van der Waals surface area contributed by atoms with Crippen molar-refractivity contribution in [2.45, 2.75) is 45.4 Å². The number of hydrogen-bond acceptors (Lipinski definition) is 3. The predicted molar refractivity (Wildman–Crippen MR) is 80.2 cm³/mol. The van der Waals surface area contributed by atoms with E-state index in [-0.39, 0.29) is 0 Å². The van der Waals surface area contributed by atoms with Gasteiger partial charge in [-0.2, -0.15) is 15.4 Å². The van der Waals surface area contributed by atoms with E-state index in [9.17, 15) is 0 Å². The van der Waals surface area contributed by atoms with Crippen molar-refractivity contribution in [1.29, 1.82) is 0 Å². The van der Waals surface area contributed by atoms with Gasteiger partial charge in [0, 0.05) is 0 Å². The third-order valence-electron chi connectivity index (χ3n) is 3.76. The SMILES string of the molecule is CCC(Cc1cn[nH]n1)c1ccc(OC)c(C(C)C)c1. The Morgan fingerprint density at radius 3 is 2.65 bits per heavy atom. The molecule has 1 atom stereocenters. The first-order chi connectivity index (χ1) is 9.65. The van der Waals surface area contributed by atoms with E-state index in [1.165, 1.54) is 11.1 Å². The van der Waals surface area contributed by atoms with Gasteiger partial charge in [0.05, 0.1) is 19.0 Å². The van der Waals surface area contributed by atoms with Crippen LogP contribution < -0.4 is 4.74 Å². The zero-order valence-corrected chi connectivity index (χ0v) is 12.7. The lowest BCUT2D eigenvalue weighted by Gasteiger charge is -2.18. The van der Waals surface area contributed by atoms with E-state index in [1.54, 1.807) is 13.3 Å². The Morgan fingerprint density at radius 1 is 1.30 bits per heavy atom. The number of nitrogens with one attached hydrogen (secondary N) is 1. The Kier molecular flexibility index (Phi) is 4.77. The third kappa shape index (κ3) is 3.18. The van der Waals surface area contributed by atoms with Crippen molar-refractivity contribution in [3.05, 3.63) is 41.2 Å². The van der Waals surface area contributed by atoms with Gasteiger partial charge < -0.3 is 4.74 Å². The van der Waals surface area contributed by atoms with Gasteiger partial charge in [0.2, 0.25) is 0 Å². The topological polar surface area (TPSA) is 50.8 Å². The average molecular weight is 273 g/mol. The van der Waals surface area contributed by atoms with Gasteiger partial charge in [-0.1, -0.05) is 32.9 Å². The van der Waals surface area contributed by atoms with Crippen LogP contribution in [0.1, 0.15) is 55.8 Å². The van der Waals surface area contributed by atoms with Crippen molar-refractivity contribution in [3.8, 4) is 5.75 Å². The summed E-state index contributed by atoms with van der Waals surface area (Å²) >= 11 is 0. The Labute approximate surface area is 120 Å². The second-order valence-electron chi connectivity index (χ2n) is 5.43. The second-order valence-corrected chi connectivity index (χ2v) is 5.43. The standard InChI is InChI=1S/C16H23N3O/c1-5-12(8-14-10-17-19-18-14)13-6-7-16(20-4)15(9-13)11(2)3/h6-7,9-12H,5,8H2,1-4H3,(H,17,18,19). The van der Waals surface area contributed by atoms with Crippen LogP contribution in [0.15, 0.2) is 24.4 Å². The molecule has 1 heterocycles. The van der Waals surface area contributed by atoms with Crippen molar-refractivity contribution in [3.63, 3.8) is 0 Å². The second kappa shape index (κ2) is 6.55. The van der Waals surface area contributed by atoms with Gasteiger partial charge in [0.25, 0.3) is 0 Å². The Morgan fingerprint density at radius 2 is 2.10 bits per heavy atom. The summed E-state index contributed by atoms with van der Waals surface area (Å²) < 4.78 is 5.45. The minimum atomic E-state index is 0.453. The van der Waals surface area contributed by atoms with Gasteiger partial charge in [-0.25, -0.2) is 0 Å². The highest BCUT2D eigenvalue weighted by Crippen LogP contribution is 2.32. The summed E-state index contributed by atoms with van der Waals surface area (Å²) in [7, 11) is 1.73. The van der Waals surface area contributed by atoms with E-state index in [1.807, 2.05) is 0 Å². The molecule has 0 amide bonds. The number of rotatable bonds is 6. The van der Waals surface area contributed by atoms with E-state index >= 15 is 0 Å². The molecule has 2 rings (SSSR count). The van der Waals surface area contributed by atoms with E-state index < -0.39 is 0 Å². The lowest BCUT2D eigenvalue weighted by Crippen LogP contribution is -2.04. The Bertz CT molecular complexity index is 535.